The van der Waals surface area contributed by atoms with Crippen LogP contribution in [0, 0.1) is 6.92 Å². The Bertz CT molecular complexity index is 1410. The molecule has 0 aliphatic carbocycles. The number of likely N-dealkylation sites (tertiary alicyclic amines) is 1. The van der Waals surface area contributed by atoms with E-state index < -0.39 is 17.7 Å². The molecule has 5 rings (SSSR count). The van der Waals surface area contributed by atoms with Crippen molar-refractivity contribution in [2.24, 2.45) is 0 Å². The molecule has 1 saturated heterocycles. The lowest BCUT2D eigenvalue weighted by Crippen LogP contribution is -2.54. The first-order valence-electron chi connectivity index (χ1n) is 14.5. The summed E-state index contributed by atoms with van der Waals surface area (Å²) < 4.78 is 13.0. The Balaban J connectivity index is 1.21. The average Bonchev–Trinajstić information content (AvgIpc) is 3.50. The number of carbonyl (C=O) groups excluding carboxylic acids is 3. The maximum absolute atomic E-state index is 13.7. The van der Waals surface area contributed by atoms with Gasteiger partial charge in [-0.3, -0.25) is 9.36 Å². The van der Waals surface area contributed by atoms with Gasteiger partial charge < -0.3 is 24.6 Å². The molecule has 222 valence electrons. The van der Waals surface area contributed by atoms with Crippen molar-refractivity contribution in [2.45, 2.75) is 77.8 Å². The van der Waals surface area contributed by atoms with Crippen LogP contribution in [0.1, 0.15) is 56.3 Å². The number of fused-ring (bicyclic) bond motifs is 1. The molecule has 0 saturated carbocycles. The number of aromatic nitrogens is 2. The normalized spacial score (nSPS) is 16.2. The first-order chi connectivity index (χ1) is 20.1. The van der Waals surface area contributed by atoms with Gasteiger partial charge in [-0.2, -0.15) is 0 Å². The van der Waals surface area contributed by atoms with Crippen LogP contribution in [-0.2, 0) is 29.1 Å². The first kappa shape index (κ1) is 29.2. The molecule has 2 aliphatic rings. The van der Waals surface area contributed by atoms with E-state index in [1.165, 1.54) is 0 Å². The highest BCUT2D eigenvalue weighted by atomic mass is 16.6. The molecule has 0 unspecified atom stereocenters. The summed E-state index contributed by atoms with van der Waals surface area (Å²) in [6.07, 6.45) is 2.76. The third-order valence-corrected chi connectivity index (χ3v) is 7.60. The summed E-state index contributed by atoms with van der Waals surface area (Å²) in [5.74, 6) is 1.25. The van der Waals surface area contributed by atoms with Crippen molar-refractivity contribution in [2.75, 3.05) is 13.1 Å². The van der Waals surface area contributed by atoms with Gasteiger partial charge in [0.2, 0.25) is 5.91 Å². The van der Waals surface area contributed by atoms with Gasteiger partial charge in [-0.25, -0.2) is 14.6 Å². The maximum atomic E-state index is 13.7. The minimum atomic E-state index is -0.796. The fourth-order valence-electron chi connectivity index (χ4n) is 5.49. The number of amides is 3. The van der Waals surface area contributed by atoms with Crippen LogP contribution in [-0.4, -0.2) is 68.2 Å². The number of carbonyl (C=O) groups is 3. The summed E-state index contributed by atoms with van der Waals surface area (Å²) in [7, 11) is 0. The van der Waals surface area contributed by atoms with Crippen molar-refractivity contribution in [1.82, 2.24) is 24.7 Å². The van der Waals surface area contributed by atoms with Gasteiger partial charge in [0.05, 0.1) is 18.4 Å². The number of ether oxygens (including phenoxy) is 2. The smallest absolute Gasteiger partial charge is 0.408 e. The summed E-state index contributed by atoms with van der Waals surface area (Å²) in [4.78, 5) is 47.3. The third-order valence-electron chi connectivity index (χ3n) is 7.60. The van der Waals surface area contributed by atoms with E-state index in [-0.39, 0.29) is 18.0 Å². The highest BCUT2D eigenvalue weighted by Crippen LogP contribution is 2.26. The number of imidazole rings is 1. The summed E-state index contributed by atoms with van der Waals surface area (Å²) in [6, 6.07) is 16.7. The van der Waals surface area contributed by atoms with Crippen LogP contribution in [0.5, 0.6) is 5.75 Å². The summed E-state index contributed by atoms with van der Waals surface area (Å²) >= 11 is 0. The van der Waals surface area contributed by atoms with Crippen LogP contribution in [0.2, 0.25) is 0 Å². The Hall–Kier alpha value is -4.34. The lowest BCUT2D eigenvalue weighted by Gasteiger charge is -2.37. The fourth-order valence-corrected chi connectivity index (χ4v) is 5.49. The van der Waals surface area contributed by atoms with Crippen LogP contribution < -0.4 is 10.1 Å². The standard InChI is InChI=1S/C32H39N5O5/c1-22-33-19-26-20-36(31(40)37(22)26)25-14-16-35(17-15-25)29(38)28(34-30(39)42-32(2,3)4)18-23-10-12-27(13-11-23)41-21-24-8-6-5-7-9-24/h5-13,19,25,28H,14-18,20-21H2,1-4H3,(H,34,39)/t28-/m1/s1. The number of rotatable bonds is 8. The SMILES string of the molecule is Cc1ncc2n1C(=O)N(C1CCN(C(=O)[C@@H](Cc3ccc(OCc4ccccc4)cc3)NC(=O)OC(C)(C)C)CC1)C2. The number of hydrogen-bond acceptors (Lipinski definition) is 6. The van der Waals surface area contributed by atoms with Gasteiger partial charge in [0.15, 0.2) is 0 Å². The van der Waals surface area contributed by atoms with E-state index in [1.54, 1.807) is 36.4 Å². The number of piperidine rings is 1. The van der Waals surface area contributed by atoms with Gasteiger partial charge in [0.1, 0.15) is 29.8 Å². The number of nitrogens with one attached hydrogen (secondary N) is 1. The zero-order valence-electron chi connectivity index (χ0n) is 24.7. The second kappa shape index (κ2) is 12.3. The third kappa shape index (κ3) is 6.92. The molecule has 42 heavy (non-hydrogen) atoms. The number of nitrogens with zero attached hydrogens (tertiary/aromatic N) is 4. The molecule has 2 aromatic carbocycles. The molecule has 1 fully saturated rings. The van der Waals surface area contributed by atoms with Crippen molar-refractivity contribution in [3.8, 4) is 5.75 Å². The Labute approximate surface area is 246 Å². The summed E-state index contributed by atoms with van der Waals surface area (Å²) in [5.41, 5.74) is 2.17. The van der Waals surface area contributed by atoms with Crippen molar-refractivity contribution in [3.05, 3.63) is 83.4 Å². The molecule has 3 amide bonds. The van der Waals surface area contributed by atoms with Crippen molar-refractivity contribution < 1.29 is 23.9 Å². The van der Waals surface area contributed by atoms with Crippen molar-refractivity contribution >= 4 is 18.0 Å². The van der Waals surface area contributed by atoms with E-state index in [4.69, 9.17) is 9.47 Å². The molecule has 1 N–H and O–H groups in total. The van der Waals surface area contributed by atoms with E-state index in [9.17, 15) is 14.4 Å². The molecule has 3 heterocycles. The number of alkyl carbamates (subject to hydrolysis) is 1. The predicted molar refractivity (Wildman–Crippen MR) is 157 cm³/mol. The second-order valence-electron chi connectivity index (χ2n) is 11.9. The minimum Gasteiger partial charge on any atom is -0.489 e. The molecular weight excluding hydrogens is 534 g/mol. The van der Waals surface area contributed by atoms with Gasteiger partial charge >= 0.3 is 12.1 Å². The maximum Gasteiger partial charge on any atom is 0.408 e. The monoisotopic (exact) mass is 573 g/mol. The Morgan fingerprint density at radius 2 is 1.71 bits per heavy atom. The van der Waals surface area contributed by atoms with Gasteiger partial charge in [0.25, 0.3) is 0 Å². The lowest BCUT2D eigenvalue weighted by molar-refractivity contribution is -0.134. The predicted octanol–water partition coefficient (Wildman–Crippen LogP) is 4.68. The molecule has 1 aromatic heterocycles. The van der Waals surface area contributed by atoms with Crippen LogP contribution in [0.3, 0.4) is 0 Å². The van der Waals surface area contributed by atoms with Gasteiger partial charge in [-0.1, -0.05) is 42.5 Å². The molecular formula is C32H39N5O5. The average molecular weight is 574 g/mol. The highest BCUT2D eigenvalue weighted by Gasteiger charge is 2.37. The number of benzene rings is 2. The van der Waals surface area contributed by atoms with Crippen LogP contribution in [0.25, 0.3) is 0 Å². The molecule has 10 heteroatoms. The van der Waals surface area contributed by atoms with Crippen molar-refractivity contribution in [1.29, 1.82) is 0 Å². The topological polar surface area (TPSA) is 106 Å². The molecule has 2 aliphatic heterocycles. The molecule has 1 atom stereocenters. The van der Waals surface area contributed by atoms with E-state index in [0.717, 1.165) is 22.6 Å². The van der Waals surface area contributed by atoms with Crippen LogP contribution in [0.4, 0.5) is 9.59 Å². The molecule has 0 bridgehead atoms. The summed E-state index contributed by atoms with van der Waals surface area (Å²) in [5, 5.41) is 2.81. The molecule has 3 aromatic rings. The second-order valence-corrected chi connectivity index (χ2v) is 11.9. The zero-order chi connectivity index (χ0) is 29.9. The zero-order valence-corrected chi connectivity index (χ0v) is 24.7. The Morgan fingerprint density at radius 3 is 2.36 bits per heavy atom. The molecule has 0 spiro atoms. The van der Waals surface area contributed by atoms with E-state index in [1.807, 2.05) is 66.4 Å². The Kier molecular flexibility index (Phi) is 8.51. The van der Waals surface area contributed by atoms with E-state index in [2.05, 4.69) is 10.3 Å². The van der Waals surface area contributed by atoms with Crippen molar-refractivity contribution in [3.63, 3.8) is 0 Å². The van der Waals surface area contributed by atoms with E-state index in [0.29, 0.717) is 51.3 Å². The van der Waals surface area contributed by atoms with Gasteiger partial charge in [-0.15, -0.1) is 0 Å². The van der Waals surface area contributed by atoms with Gasteiger partial charge in [-0.05, 0) is 63.8 Å². The van der Waals surface area contributed by atoms with E-state index >= 15 is 0 Å². The van der Waals surface area contributed by atoms with Gasteiger partial charge in [0, 0.05) is 25.6 Å². The van der Waals surface area contributed by atoms with Crippen LogP contribution >= 0.6 is 0 Å². The minimum absolute atomic E-state index is 0.0431. The molecule has 10 nitrogen and oxygen atoms in total. The quantitative estimate of drug-likeness (QED) is 0.420. The highest BCUT2D eigenvalue weighted by molar-refractivity contribution is 5.86. The number of hydrogen-bond donors (Lipinski definition) is 1. The largest absolute Gasteiger partial charge is 0.489 e. The lowest BCUT2D eigenvalue weighted by atomic mass is 10.00. The Morgan fingerprint density at radius 1 is 1.02 bits per heavy atom. The number of aryl methyl sites for hydroxylation is 1. The first-order valence-corrected chi connectivity index (χ1v) is 14.5. The van der Waals surface area contributed by atoms with Crippen LogP contribution in [0.15, 0.2) is 60.8 Å². The fraction of sp³-hybridized carbons (Fsp3) is 0.438. The molecule has 0 radical (unpaired) electrons. The summed E-state index contributed by atoms with van der Waals surface area (Å²) in [6.45, 7) is 9.18.